The number of phosphoric acid groups is 3. The van der Waals surface area contributed by atoms with E-state index >= 15 is 0 Å². The molecule has 26 nitrogen and oxygen atoms in total. The number of hydrogen-bond acceptors (Lipinski definition) is 20. The van der Waals surface area contributed by atoms with Crippen LogP contribution in [0.3, 0.4) is 0 Å². The molecule has 7 atom stereocenters. The average Bonchev–Trinajstić information content (AvgIpc) is 3.90. The van der Waals surface area contributed by atoms with E-state index in [1.165, 1.54) is 19.9 Å². The first kappa shape index (κ1) is 48.2. The Kier molecular flexibility index (Phi) is 15.9. The van der Waals surface area contributed by atoms with Crippen molar-refractivity contribution >= 4 is 75.2 Å². The lowest BCUT2D eigenvalue weighted by Gasteiger charge is -2.30. The highest BCUT2D eigenvalue weighted by atomic mass is 32.2. The molecule has 61 heavy (non-hydrogen) atoms. The Morgan fingerprint density at radius 2 is 1.77 bits per heavy atom. The van der Waals surface area contributed by atoms with Crippen LogP contribution >= 0.6 is 35.2 Å². The molecule has 0 spiro atoms. The number of amides is 2. The van der Waals surface area contributed by atoms with Crippen molar-refractivity contribution in [2.75, 3.05) is 44.6 Å². The van der Waals surface area contributed by atoms with Crippen LogP contribution in [0.1, 0.15) is 32.1 Å². The Bertz CT molecular complexity index is 2260. The van der Waals surface area contributed by atoms with Crippen molar-refractivity contribution in [2.45, 2.75) is 50.9 Å². The number of phosphoric ester groups is 3. The lowest BCUT2D eigenvalue weighted by molar-refractivity contribution is -0.137. The summed E-state index contributed by atoms with van der Waals surface area (Å²) < 4.78 is 72.8. The topological polar surface area (TPSA) is 382 Å². The highest BCUT2D eigenvalue weighted by Gasteiger charge is 2.50. The van der Waals surface area contributed by atoms with E-state index in [1.54, 1.807) is 24.3 Å². The normalized spacial score (nSPS) is 21.6. The van der Waals surface area contributed by atoms with Gasteiger partial charge in [0.2, 0.25) is 23.7 Å². The van der Waals surface area contributed by atoms with Crippen molar-refractivity contribution in [1.82, 2.24) is 30.2 Å². The largest absolute Gasteiger partial charge is 0.481 e. The zero-order valence-electron chi connectivity index (χ0n) is 32.0. The van der Waals surface area contributed by atoms with Crippen LogP contribution in [0.2, 0.25) is 0 Å². The molecule has 1 aromatic carbocycles. The first-order valence-electron chi connectivity index (χ1n) is 17.7. The Labute approximate surface area is 349 Å². The summed E-state index contributed by atoms with van der Waals surface area (Å²) >= 11 is 0.972. The van der Waals surface area contributed by atoms with Crippen LogP contribution in [-0.4, -0.2) is 130 Å². The van der Waals surface area contributed by atoms with Gasteiger partial charge in [-0.3, -0.25) is 32.5 Å². The van der Waals surface area contributed by atoms with Gasteiger partial charge in [-0.1, -0.05) is 37.8 Å². The van der Waals surface area contributed by atoms with E-state index < -0.39 is 84.6 Å². The molecule has 10 N–H and O–H groups in total. The number of nitrogens with two attached hydrogens (primary N) is 1. The van der Waals surface area contributed by atoms with E-state index in [0.29, 0.717) is 11.5 Å². The smallest absolute Gasteiger partial charge is 0.454 e. The van der Waals surface area contributed by atoms with Crippen LogP contribution in [-0.2, 0) is 50.7 Å². The molecule has 2 aliphatic rings. The Morgan fingerprint density at radius 3 is 2.51 bits per heavy atom. The molecule has 0 saturated carbocycles. The number of benzene rings is 1. The van der Waals surface area contributed by atoms with E-state index in [9.17, 15) is 57.9 Å². The summed E-state index contributed by atoms with van der Waals surface area (Å²) in [5.74, 6) is -0.0565. The van der Waals surface area contributed by atoms with Gasteiger partial charge < -0.3 is 60.4 Å². The molecule has 0 aliphatic carbocycles. The number of hydrogen-bond donors (Lipinski definition) is 9. The van der Waals surface area contributed by atoms with E-state index in [1.807, 2.05) is 0 Å². The average molecular weight is 942 g/mol. The quantitative estimate of drug-likeness (QED) is 0.0389. The number of aliphatic hydroxyl groups is 2. The summed E-state index contributed by atoms with van der Waals surface area (Å²) in [5, 5.41) is 26.2. The summed E-state index contributed by atoms with van der Waals surface area (Å²) in [7, 11) is -16.4. The maximum Gasteiger partial charge on any atom is 0.481 e. The lowest BCUT2D eigenvalue weighted by atomic mass is 9.87. The molecule has 30 heteroatoms. The van der Waals surface area contributed by atoms with Crippen LogP contribution in [0.25, 0.3) is 17.2 Å². The van der Waals surface area contributed by atoms with Crippen LogP contribution in [0.15, 0.2) is 36.9 Å². The molecule has 3 unspecified atom stereocenters. The second-order valence-corrected chi connectivity index (χ2v) is 19.0. The Balaban J connectivity index is 1.02. The zero-order chi connectivity index (χ0) is 44.8. The standard InChI is InChI=1S/C31H42N7O19P3S/c1-31(2,26(42)29(43)34-8-7-21(39)33-9-10-61-22(40)6-4-17-3-5-18-19(11-17)52-16-51-18)13-54-60(49,50)57-59(47,48)53-12-20-25(56-58(44,45)46)24(41)30(55-20)38-15-37-23-27(32)35-14-36-28(23)38/h3-6,11,14-15,20,24-26,30,41-42H,7-10,12-13,16H2,1-2H3,(H,33,39)(H,34,43)(H,47,48)(H,49,50)(H2,32,35,36)(H2,44,45,46)/b6-4+/t20-,24-,25-,26?,30-/m1/s1. The minimum atomic E-state index is -5.58. The molecular formula is C31H42N7O19P3S. The molecule has 1 saturated heterocycles. The molecule has 4 heterocycles. The van der Waals surface area contributed by atoms with Gasteiger partial charge in [0.25, 0.3) is 0 Å². The van der Waals surface area contributed by atoms with Crippen molar-refractivity contribution in [2.24, 2.45) is 5.41 Å². The van der Waals surface area contributed by atoms with Gasteiger partial charge in [0.15, 0.2) is 29.2 Å². The number of nitrogen functional groups attached to an aromatic ring is 1. The van der Waals surface area contributed by atoms with Crippen molar-refractivity contribution < 1.29 is 90.0 Å². The number of carbonyl (C=O) groups is 3. The number of anilines is 1. The number of carbonyl (C=O) groups excluding carboxylic acids is 3. The molecule has 0 radical (unpaired) electrons. The zero-order valence-corrected chi connectivity index (χ0v) is 35.5. The van der Waals surface area contributed by atoms with Gasteiger partial charge in [0, 0.05) is 30.7 Å². The fourth-order valence-corrected chi connectivity index (χ4v) is 8.91. The Morgan fingerprint density at radius 1 is 1.05 bits per heavy atom. The molecule has 2 amide bonds. The first-order valence-corrected chi connectivity index (χ1v) is 23.2. The van der Waals surface area contributed by atoms with Crippen molar-refractivity contribution in [3.63, 3.8) is 0 Å². The number of rotatable bonds is 21. The molecule has 5 rings (SSSR count). The summed E-state index contributed by atoms with van der Waals surface area (Å²) in [6, 6.07) is 5.23. The molecule has 3 aromatic rings. The first-order chi connectivity index (χ1) is 28.5. The van der Waals surface area contributed by atoms with E-state index in [0.717, 1.165) is 34.5 Å². The maximum absolute atomic E-state index is 12.7. The fourth-order valence-electron chi connectivity index (χ4n) is 5.51. The number of aliphatic hydroxyl groups excluding tert-OH is 2. The van der Waals surface area contributed by atoms with Gasteiger partial charge in [-0.05, 0) is 23.8 Å². The number of nitrogens with zero attached hydrogens (tertiary/aromatic N) is 4. The molecule has 1 fully saturated rings. The summed E-state index contributed by atoms with van der Waals surface area (Å²) in [5.41, 5.74) is 4.98. The second-order valence-electron chi connectivity index (χ2n) is 13.7. The Hall–Kier alpha value is -3.88. The summed E-state index contributed by atoms with van der Waals surface area (Å²) in [6.07, 6.45) is -4.01. The fraction of sp³-hybridized carbons (Fsp3) is 0.484. The van der Waals surface area contributed by atoms with Crippen molar-refractivity contribution in [1.29, 1.82) is 0 Å². The second kappa shape index (κ2) is 20.1. The van der Waals surface area contributed by atoms with E-state index in [4.69, 9.17) is 29.0 Å². The van der Waals surface area contributed by atoms with Gasteiger partial charge in [-0.25, -0.2) is 28.6 Å². The molecule has 336 valence electrons. The third-order valence-corrected chi connectivity index (χ3v) is 12.5. The number of nitrogens with one attached hydrogen (secondary N) is 2. The van der Waals surface area contributed by atoms with Gasteiger partial charge >= 0.3 is 23.5 Å². The van der Waals surface area contributed by atoms with Crippen LogP contribution in [0, 0.1) is 5.41 Å². The van der Waals surface area contributed by atoms with Crippen LogP contribution in [0.4, 0.5) is 5.82 Å². The monoisotopic (exact) mass is 941 g/mol. The number of aromatic nitrogens is 4. The highest BCUT2D eigenvalue weighted by Crippen LogP contribution is 2.61. The van der Waals surface area contributed by atoms with Gasteiger partial charge in [-0.2, -0.15) is 4.31 Å². The predicted molar refractivity (Wildman–Crippen MR) is 209 cm³/mol. The number of thioether (sulfide) groups is 1. The maximum atomic E-state index is 12.7. The number of ether oxygens (including phenoxy) is 3. The van der Waals surface area contributed by atoms with Crippen LogP contribution < -0.4 is 25.8 Å². The lowest BCUT2D eigenvalue weighted by Crippen LogP contribution is -2.46. The van der Waals surface area contributed by atoms with Gasteiger partial charge in [-0.15, -0.1) is 0 Å². The molecule has 2 aromatic heterocycles. The SMILES string of the molecule is CC(C)(COP(=O)(O)OP(=O)(O)OC[C@H]1O[C@@H](n2cnc3c(N)ncnc32)[C@H](O)[C@@H]1OP(=O)(O)O)C(O)C(=O)NCCC(=O)NCCSC(=O)/C=C/c1ccc2c(c1)OCO2. The molecule has 0 bridgehead atoms. The van der Waals surface area contributed by atoms with E-state index in [2.05, 4.69) is 34.4 Å². The molecule has 2 aliphatic heterocycles. The number of imidazole rings is 1. The summed E-state index contributed by atoms with van der Waals surface area (Å²) in [4.78, 5) is 88.0. The van der Waals surface area contributed by atoms with Gasteiger partial charge in [0.1, 0.15) is 36.3 Å². The minimum Gasteiger partial charge on any atom is -0.454 e. The van der Waals surface area contributed by atoms with Gasteiger partial charge in [0.05, 0.1) is 19.5 Å². The molecular weight excluding hydrogens is 899 g/mol. The van der Waals surface area contributed by atoms with E-state index in [-0.39, 0.29) is 54.2 Å². The predicted octanol–water partition coefficient (Wildman–Crippen LogP) is 0.107. The minimum absolute atomic E-state index is 0.0255. The van der Waals surface area contributed by atoms with Crippen molar-refractivity contribution in [3.05, 3.63) is 42.5 Å². The third kappa shape index (κ3) is 13.6. The van der Waals surface area contributed by atoms with Crippen molar-refractivity contribution in [3.8, 4) is 11.5 Å². The highest BCUT2D eigenvalue weighted by molar-refractivity contribution is 8.14. The number of fused-ring (bicyclic) bond motifs is 2. The summed E-state index contributed by atoms with van der Waals surface area (Å²) in [6.45, 7) is 0.493. The third-order valence-electron chi connectivity index (χ3n) is 8.55. The van der Waals surface area contributed by atoms with Crippen LogP contribution in [0.5, 0.6) is 11.5 Å².